The van der Waals surface area contributed by atoms with Gasteiger partial charge in [0.1, 0.15) is 0 Å². The Hall–Kier alpha value is -0.950. The largest absolute Gasteiger partial charge is 0.330 e. The zero-order valence-corrected chi connectivity index (χ0v) is 13.2. The maximum absolute atomic E-state index is 12.5. The van der Waals surface area contributed by atoms with Crippen molar-refractivity contribution in [2.24, 2.45) is 0 Å². The highest BCUT2D eigenvalue weighted by molar-refractivity contribution is 14.1. The molecule has 0 bridgehead atoms. The average molecular weight is 384 g/mol. The first kappa shape index (κ1) is 13.1. The average Bonchev–Trinajstić information content (AvgIpc) is 3.18. The maximum Gasteiger partial charge on any atom is 0.255 e. The van der Waals surface area contributed by atoms with Crippen LogP contribution in [-0.2, 0) is 6.54 Å². The summed E-state index contributed by atoms with van der Waals surface area (Å²) < 4.78 is 1.15. The maximum atomic E-state index is 12.5. The number of carbonyl (C=O) groups is 1. The van der Waals surface area contributed by atoms with Crippen LogP contribution in [0, 0.1) is 2.88 Å². The summed E-state index contributed by atoms with van der Waals surface area (Å²) >= 11 is 3.86. The lowest BCUT2D eigenvalue weighted by Crippen LogP contribution is -2.32. The van der Waals surface area contributed by atoms with E-state index in [9.17, 15) is 4.79 Å². The van der Waals surface area contributed by atoms with Gasteiger partial charge in [-0.3, -0.25) is 9.78 Å². The smallest absolute Gasteiger partial charge is 0.255 e. The Kier molecular flexibility index (Phi) is 3.83. The highest BCUT2D eigenvalue weighted by Gasteiger charge is 2.33. The van der Waals surface area contributed by atoms with Gasteiger partial charge in [-0.1, -0.05) is 6.07 Å². The molecule has 1 amide bonds. The van der Waals surface area contributed by atoms with Crippen LogP contribution in [0.5, 0.6) is 0 Å². The van der Waals surface area contributed by atoms with Crippen LogP contribution in [0.4, 0.5) is 0 Å². The second-order valence-corrected chi connectivity index (χ2v) is 7.43. The van der Waals surface area contributed by atoms with Crippen molar-refractivity contribution in [3.05, 3.63) is 50.0 Å². The molecule has 98 valence electrons. The fraction of sp³-hybridized carbons (Fsp3) is 0.286. The van der Waals surface area contributed by atoms with E-state index in [1.54, 1.807) is 17.5 Å². The third-order valence-electron chi connectivity index (χ3n) is 3.12. The molecule has 2 aromatic rings. The summed E-state index contributed by atoms with van der Waals surface area (Å²) in [4.78, 5) is 18.8. The van der Waals surface area contributed by atoms with E-state index in [1.165, 1.54) is 0 Å². The van der Waals surface area contributed by atoms with Gasteiger partial charge in [0.15, 0.2) is 0 Å². The number of rotatable bonds is 4. The Morgan fingerprint density at radius 2 is 2.32 bits per heavy atom. The molecule has 19 heavy (non-hydrogen) atoms. The van der Waals surface area contributed by atoms with Crippen molar-refractivity contribution in [2.75, 3.05) is 0 Å². The van der Waals surface area contributed by atoms with Crippen LogP contribution < -0.4 is 0 Å². The summed E-state index contributed by atoms with van der Waals surface area (Å²) in [5, 5.41) is 1.94. The third-order valence-corrected chi connectivity index (χ3v) is 4.91. The molecule has 0 radical (unpaired) electrons. The van der Waals surface area contributed by atoms with Crippen LogP contribution in [0.3, 0.4) is 0 Å². The van der Waals surface area contributed by atoms with E-state index in [0.717, 1.165) is 27.0 Å². The number of amides is 1. The van der Waals surface area contributed by atoms with Crippen LogP contribution >= 0.6 is 33.9 Å². The topological polar surface area (TPSA) is 33.2 Å². The number of halogens is 1. The van der Waals surface area contributed by atoms with Crippen LogP contribution in [0.1, 0.15) is 28.9 Å². The lowest BCUT2D eigenvalue weighted by molar-refractivity contribution is 0.0728. The summed E-state index contributed by atoms with van der Waals surface area (Å²) in [7, 11) is 0. The number of carbonyl (C=O) groups excluding carboxylic acids is 1. The number of hydrogen-bond donors (Lipinski definition) is 0. The Balaban J connectivity index is 1.79. The van der Waals surface area contributed by atoms with Crippen molar-refractivity contribution in [1.82, 2.24) is 9.88 Å². The molecular weight excluding hydrogens is 371 g/mol. The first-order valence-corrected chi connectivity index (χ1v) is 8.15. The Morgan fingerprint density at radius 1 is 1.47 bits per heavy atom. The SMILES string of the molecule is O=C(c1csc(I)c1)N(Cc1ccccn1)C1CC1. The van der Waals surface area contributed by atoms with Gasteiger partial charge in [-0.25, -0.2) is 0 Å². The first-order valence-electron chi connectivity index (χ1n) is 6.19. The molecule has 0 aromatic carbocycles. The third kappa shape index (κ3) is 3.14. The Morgan fingerprint density at radius 3 is 2.89 bits per heavy atom. The van der Waals surface area contributed by atoms with Crippen molar-refractivity contribution >= 4 is 39.8 Å². The highest BCUT2D eigenvalue weighted by atomic mass is 127. The Labute approximate surface area is 129 Å². The van der Waals surface area contributed by atoms with E-state index in [4.69, 9.17) is 0 Å². The van der Waals surface area contributed by atoms with Crippen LogP contribution in [0.15, 0.2) is 35.8 Å². The number of thiophene rings is 1. The van der Waals surface area contributed by atoms with Crippen molar-refractivity contribution in [3.8, 4) is 0 Å². The fourth-order valence-electron chi connectivity index (χ4n) is 2.01. The number of hydrogen-bond acceptors (Lipinski definition) is 3. The van der Waals surface area contributed by atoms with Gasteiger partial charge in [-0.05, 0) is 53.6 Å². The second kappa shape index (κ2) is 5.58. The minimum absolute atomic E-state index is 0.132. The molecule has 1 aliphatic rings. The monoisotopic (exact) mass is 384 g/mol. The predicted molar refractivity (Wildman–Crippen MR) is 84.2 cm³/mol. The van der Waals surface area contributed by atoms with Gasteiger partial charge in [0.2, 0.25) is 0 Å². The van der Waals surface area contributed by atoms with E-state index in [-0.39, 0.29) is 5.91 Å². The van der Waals surface area contributed by atoms with Crippen LogP contribution in [0.25, 0.3) is 0 Å². The second-order valence-electron chi connectivity index (χ2n) is 4.62. The molecule has 0 unspecified atom stereocenters. The minimum Gasteiger partial charge on any atom is -0.330 e. The number of pyridine rings is 1. The van der Waals surface area contributed by atoms with Gasteiger partial charge in [0.05, 0.1) is 20.7 Å². The molecule has 0 spiro atoms. The highest BCUT2D eigenvalue weighted by Crippen LogP contribution is 2.30. The number of aromatic nitrogens is 1. The summed E-state index contributed by atoms with van der Waals surface area (Å²) in [6, 6.07) is 8.19. The lowest BCUT2D eigenvalue weighted by Gasteiger charge is -2.21. The molecule has 2 heterocycles. The predicted octanol–water partition coefficient (Wildman–Crippen LogP) is 3.55. The van der Waals surface area contributed by atoms with Crippen molar-refractivity contribution in [3.63, 3.8) is 0 Å². The molecule has 5 heteroatoms. The molecule has 3 nitrogen and oxygen atoms in total. The standard InChI is InChI=1S/C14H13IN2OS/c15-13-7-10(9-19-13)14(18)17(12-4-5-12)8-11-3-1-2-6-16-11/h1-3,6-7,9,12H,4-5,8H2. The quantitative estimate of drug-likeness (QED) is 0.756. The van der Waals surface area contributed by atoms with Crippen molar-refractivity contribution in [2.45, 2.75) is 25.4 Å². The molecule has 1 saturated carbocycles. The van der Waals surface area contributed by atoms with Crippen molar-refractivity contribution in [1.29, 1.82) is 0 Å². The van der Waals surface area contributed by atoms with Crippen molar-refractivity contribution < 1.29 is 4.79 Å². The van der Waals surface area contributed by atoms with E-state index in [1.807, 2.05) is 34.5 Å². The molecule has 0 aliphatic heterocycles. The van der Waals surface area contributed by atoms with Gasteiger partial charge >= 0.3 is 0 Å². The van der Waals surface area contributed by atoms with E-state index < -0.39 is 0 Å². The summed E-state index contributed by atoms with van der Waals surface area (Å²) in [6.07, 6.45) is 4.00. The van der Waals surface area contributed by atoms with E-state index in [2.05, 4.69) is 27.6 Å². The van der Waals surface area contributed by atoms with Gasteiger partial charge in [-0.15, -0.1) is 11.3 Å². The van der Waals surface area contributed by atoms with Gasteiger partial charge in [0.25, 0.3) is 5.91 Å². The van der Waals surface area contributed by atoms with Crippen LogP contribution in [0.2, 0.25) is 0 Å². The van der Waals surface area contributed by atoms with Crippen LogP contribution in [-0.4, -0.2) is 21.8 Å². The normalized spacial score (nSPS) is 14.4. The van der Waals surface area contributed by atoms with Gasteiger partial charge in [-0.2, -0.15) is 0 Å². The Bertz CT molecular complexity index is 580. The molecule has 0 saturated heterocycles. The molecule has 1 fully saturated rings. The molecule has 1 aliphatic carbocycles. The summed E-state index contributed by atoms with van der Waals surface area (Å²) in [6.45, 7) is 0.608. The van der Waals surface area contributed by atoms with Gasteiger partial charge < -0.3 is 4.90 Å². The zero-order valence-electron chi connectivity index (χ0n) is 10.3. The first-order chi connectivity index (χ1) is 9.24. The zero-order chi connectivity index (χ0) is 13.2. The minimum atomic E-state index is 0.132. The molecule has 0 atom stereocenters. The molecule has 2 aromatic heterocycles. The molecule has 3 rings (SSSR count). The summed E-state index contributed by atoms with van der Waals surface area (Å²) in [5.74, 6) is 0.132. The van der Waals surface area contributed by atoms with E-state index in [0.29, 0.717) is 12.6 Å². The molecular formula is C14H13IN2OS. The summed E-state index contributed by atoms with van der Waals surface area (Å²) in [5.41, 5.74) is 1.75. The fourth-order valence-corrected chi connectivity index (χ4v) is 3.33. The van der Waals surface area contributed by atoms with Gasteiger partial charge in [0, 0.05) is 17.6 Å². The lowest BCUT2D eigenvalue weighted by atomic mass is 10.2. The van der Waals surface area contributed by atoms with E-state index >= 15 is 0 Å². The molecule has 0 N–H and O–H groups in total. The number of nitrogens with zero attached hydrogens (tertiary/aromatic N) is 2.